The predicted octanol–water partition coefficient (Wildman–Crippen LogP) is 2.85. The molecule has 0 unspecified atom stereocenters. The normalized spacial score (nSPS) is 19.2. The lowest BCUT2D eigenvalue weighted by Gasteiger charge is -2.39. The Hall–Kier alpha value is -2.08. The van der Waals surface area contributed by atoms with E-state index in [0.717, 1.165) is 37.6 Å². The SMILES string of the molecule is Cc1ccc([C@H](C)CCN2CCC(C(=O)O)(n3ccnc3)CC2)o1. The molecular formula is C18H25N3O3. The molecule has 6 nitrogen and oxygen atoms in total. The number of hydrogen-bond donors (Lipinski definition) is 1. The van der Waals surface area contributed by atoms with Crippen LogP contribution in [0.2, 0.25) is 0 Å². The Labute approximate surface area is 142 Å². The van der Waals surface area contributed by atoms with Gasteiger partial charge in [-0.3, -0.25) is 0 Å². The van der Waals surface area contributed by atoms with Gasteiger partial charge in [0.25, 0.3) is 0 Å². The van der Waals surface area contributed by atoms with Gasteiger partial charge in [-0.15, -0.1) is 0 Å². The molecule has 1 atom stereocenters. The zero-order valence-corrected chi connectivity index (χ0v) is 14.3. The zero-order valence-electron chi connectivity index (χ0n) is 14.3. The molecule has 130 valence electrons. The number of rotatable bonds is 6. The van der Waals surface area contributed by atoms with Crippen LogP contribution < -0.4 is 0 Å². The van der Waals surface area contributed by atoms with E-state index in [1.54, 1.807) is 23.3 Å². The molecule has 1 aliphatic heterocycles. The largest absolute Gasteiger partial charge is 0.479 e. The fourth-order valence-electron chi connectivity index (χ4n) is 3.48. The van der Waals surface area contributed by atoms with Crippen LogP contribution >= 0.6 is 0 Å². The molecule has 0 aromatic carbocycles. The van der Waals surface area contributed by atoms with E-state index in [1.807, 2.05) is 19.1 Å². The molecule has 3 heterocycles. The molecule has 0 radical (unpaired) electrons. The molecule has 1 saturated heterocycles. The molecule has 1 aliphatic rings. The van der Waals surface area contributed by atoms with E-state index < -0.39 is 11.5 Å². The number of piperidine rings is 1. The van der Waals surface area contributed by atoms with Gasteiger partial charge in [-0.2, -0.15) is 0 Å². The van der Waals surface area contributed by atoms with Crippen molar-refractivity contribution in [3.05, 3.63) is 42.4 Å². The highest BCUT2D eigenvalue weighted by Crippen LogP contribution is 2.31. The molecule has 1 N–H and O–H groups in total. The summed E-state index contributed by atoms with van der Waals surface area (Å²) in [6.45, 7) is 6.67. The lowest BCUT2D eigenvalue weighted by molar-refractivity contribution is -0.150. The molecule has 0 bridgehead atoms. The third-order valence-electron chi connectivity index (χ3n) is 5.21. The van der Waals surface area contributed by atoms with Gasteiger partial charge in [0.1, 0.15) is 17.1 Å². The summed E-state index contributed by atoms with van der Waals surface area (Å²) in [7, 11) is 0. The third-order valence-corrected chi connectivity index (χ3v) is 5.21. The van der Waals surface area contributed by atoms with Crippen molar-refractivity contribution < 1.29 is 14.3 Å². The Morgan fingerprint density at radius 3 is 2.71 bits per heavy atom. The first kappa shape index (κ1) is 16.8. The maximum atomic E-state index is 11.9. The monoisotopic (exact) mass is 331 g/mol. The minimum Gasteiger partial charge on any atom is -0.479 e. The van der Waals surface area contributed by atoms with E-state index in [4.69, 9.17) is 4.42 Å². The van der Waals surface area contributed by atoms with Gasteiger partial charge >= 0.3 is 5.97 Å². The Morgan fingerprint density at radius 1 is 1.42 bits per heavy atom. The molecule has 3 rings (SSSR count). The highest BCUT2D eigenvalue weighted by molar-refractivity contribution is 5.77. The lowest BCUT2D eigenvalue weighted by Crippen LogP contribution is -2.50. The van der Waals surface area contributed by atoms with E-state index in [2.05, 4.69) is 16.8 Å². The number of aliphatic carboxylic acids is 1. The Bertz CT molecular complexity index is 670. The third kappa shape index (κ3) is 3.24. The summed E-state index contributed by atoms with van der Waals surface area (Å²) in [5, 5.41) is 9.74. The minimum absolute atomic E-state index is 0.374. The molecule has 24 heavy (non-hydrogen) atoms. The molecular weight excluding hydrogens is 306 g/mol. The van der Waals surface area contributed by atoms with Crippen molar-refractivity contribution in [1.82, 2.24) is 14.5 Å². The number of hydrogen-bond acceptors (Lipinski definition) is 4. The van der Waals surface area contributed by atoms with Crippen LogP contribution in [0.4, 0.5) is 0 Å². The van der Waals surface area contributed by atoms with E-state index in [1.165, 1.54) is 0 Å². The molecule has 0 aliphatic carbocycles. The average Bonchev–Trinajstić information content (AvgIpc) is 3.24. The van der Waals surface area contributed by atoms with Crippen LogP contribution in [0.3, 0.4) is 0 Å². The van der Waals surface area contributed by atoms with Crippen LogP contribution in [-0.2, 0) is 10.3 Å². The summed E-state index contributed by atoms with van der Waals surface area (Å²) in [6.07, 6.45) is 7.23. The van der Waals surface area contributed by atoms with E-state index in [9.17, 15) is 9.90 Å². The van der Waals surface area contributed by atoms with E-state index >= 15 is 0 Å². The molecule has 2 aromatic heterocycles. The molecule has 0 amide bonds. The maximum absolute atomic E-state index is 11.9. The van der Waals surface area contributed by atoms with Crippen molar-refractivity contribution in [1.29, 1.82) is 0 Å². The summed E-state index contributed by atoms with van der Waals surface area (Å²) in [5.74, 6) is 1.59. The van der Waals surface area contributed by atoms with Crippen molar-refractivity contribution in [3.8, 4) is 0 Å². The second-order valence-electron chi connectivity index (χ2n) is 6.79. The van der Waals surface area contributed by atoms with Crippen LogP contribution in [0.5, 0.6) is 0 Å². The second kappa shape index (κ2) is 6.81. The number of carbonyl (C=O) groups is 1. The summed E-state index contributed by atoms with van der Waals surface area (Å²) in [4.78, 5) is 18.2. The summed E-state index contributed by atoms with van der Waals surface area (Å²) in [5.41, 5.74) is -0.850. The zero-order chi connectivity index (χ0) is 17.2. The van der Waals surface area contributed by atoms with Gasteiger partial charge in [0.15, 0.2) is 0 Å². The van der Waals surface area contributed by atoms with Crippen LogP contribution in [0.25, 0.3) is 0 Å². The first-order valence-corrected chi connectivity index (χ1v) is 8.52. The highest BCUT2D eigenvalue weighted by atomic mass is 16.4. The number of aromatic nitrogens is 2. The topological polar surface area (TPSA) is 71.5 Å². The molecule has 0 saturated carbocycles. The second-order valence-corrected chi connectivity index (χ2v) is 6.79. The fourth-order valence-corrected chi connectivity index (χ4v) is 3.48. The van der Waals surface area contributed by atoms with Crippen LogP contribution in [0, 0.1) is 6.92 Å². The van der Waals surface area contributed by atoms with Gasteiger partial charge < -0.3 is 19.0 Å². The summed E-state index contributed by atoms with van der Waals surface area (Å²) >= 11 is 0. The van der Waals surface area contributed by atoms with Crippen LogP contribution in [0.15, 0.2) is 35.3 Å². The van der Waals surface area contributed by atoms with E-state index in [0.29, 0.717) is 18.8 Å². The van der Waals surface area contributed by atoms with Crippen molar-refractivity contribution in [2.45, 2.75) is 44.6 Å². The van der Waals surface area contributed by atoms with Gasteiger partial charge in [0.05, 0.1) is 6.33 Å². The van der Waals surface area contributed by atoms with Crippen molar-refractivity contribution >= 4 is 5.97 Å². The first-order chi connectivity index (χ1) is 11.5. The number of carboxylic acids is 1. The van der Waals surface area contributed by atoms with Gasteiger partial charge in [-0.05, 0) is 44.9 Å². The van der Waals surface area contributed by atoms with Crippen LogP contribution in [0.1, 0.15) is 43.6 Å². The Morgan fingerprint density at radius 2 is 2.17 bits per heavy atom. The molecule has 6 heteroatoms. The number of nitrogens with zero attached hydrogens (tertiary/aromatic N) is 3. The lowest BCUT2D eigenvalue weighted by atomic mass is 9.87. The number of carboxylic acid groups (broad SMARTS) is 1. The summed E-state index contributed by atoms with van der Waals surface area (Å²) in [6, 6.07) is 4.05. The van der Waals surface area contributed by atoms with Crippen LogP contribution in [-0.4, -0.2) is 45.2 Å². The number of likely N-dealkylation sites (tertiary alicyclic amines) is 1. The first-order valence-electron chi connectivity index (χ1n) is 8.52. The average molecular weight is 331 g/mol. The quantitative estimate of drug-likeness (QED) is 0.881. The Balaban J connectivity index is 1.56. The summed E-state index contributed by atoms with van der Waals surface area (Å²) < 4.78 is 7.44. The number of furan rings is 1. The molecule has 1 fully saturated rings. The van der Waals surface area contributed by atoms with Crippen molar-refractivity contribution in [2.75, 3.05) is 19.6 Å². The van der Waals surface area contributed by atoms with Gasteiger partial charge in [-0.25, -0.2) is 9.78 Å². The standard InChI is InChI=1S/C18H25N3O3/c1-14(16-4-3-15(2)24-16)5-9-20-10-6-18(7-11-20,17(22)23)21-12-8-19-13-21/h3-4,8,12-14H,5-7,9-11H2,1-2H3,(H,22,23)/t14-/m1/s1. The van der Waals surface area contributed by atoms with Gasteiger partial charge in [-0.1, -0.05) is 6.92 Å². The smallest absolute Gasteiger partial charge is 0.330 e. The van der Waals surface area contributed by atoms with Crippen molar-refractivity contribution in [2.24, 2.45) is 0 Å². The van der Waals surface area contributed by atoms with E-state index in [-0.39, 0.29) is 0 Å². The Kier molecular flexibility index (Phi) is 4.76. The van der Waals surface area contributed by atoms with Crippen molar-refractivity contribution in [3.63, 3.8) is 0 Å². The molecule has 0 spiro atoms. The van der Waals surface area contributed by atoms with Gasteiger partial charge in [0.2, 0.25) is 0 Å². The maximum Gasteiger partial charge on any atom is 0.330 e. The fraction of sp³-hybridized carbons (Fsp3) is 0.556. The predicted molar refractivity (Wildman–Crippen MR) is 90.0 cm³/mol. The highest BCUT2D eigenvalue weighted by Gasteiger charge is 2.42. The number of aryl methyl sites for hydroxylation is 1. The minimum atomic E-state index is -0.850. The van der Waals surface area contributed by atoms with Gasteiger partial charge in [0, 0.05) is 31.4 Å². The molecule has 2 aromatic rings. The number of imidazole rings is 1.